The molecule has 2 aromatic carbocycles. The number of piperazine rings is 1. The fourth-order valence-electron chi connectivity index (χ4n) is 3.16. The van der Waals surface area contributed by atoms with Crippen molar-refractivity contribution in [3.63, 3.8) is 0 Å². The monoisotopic (exact) mass is 383 g/mol. The highest BCUT2D eigenvalue weighted by molar-refractivity contribution is 5.87. The minimum absolute atomic E-state index is 0.00472. The van der Waals surface area contributed by atoms with Crippen LogP contribution < -0.4 is 9.80 Å². The van der Waals surface area contributed by atoms with E-state index in [9.17, 15) is 20.0 Å². The Balaban J connectivity index is 1.74. The Labute approximate surface area is 162 Å². The van der Waals surface area contributed by atoms with Crippen molar-refractivity contribution in [1.29, 1.82) is 0 Å². The number of hydrogen-bond acceptors (Lipinski definition) is 7. The molecule has 2 aromatic rings. The molecule has 28 heavy (non-hydrogen) atoms. The Hall–Kier alpha value is -3.55. The number of hydrogen-bond donors (Lipinski definition) is 1. The van der Waals surface area contributed by atoms with Gasteiger partial charge in [-0.3, -0.25) is 10.1 Å². The average Bonchev–Trinajstić information content (AvgIpc) is 2.72. The molecule has 1 heterocycles. The molecule has 1 N–H and O–H groups in total. The predicted octanol–water partition coefficient (Wildman–Crippen LogP) is 2.81. The topological polar surface area (TPSA) is 96.2 Å². The smallest absolute Gasteiger partial charge is 0.330 e. The van der Waals surface area contributed by atoms with E-state index in [1.807, 2.05) is 17.0 Å². The minimum Gasteiger partial charge on any atom is -0.508 e. The summed E-state index contributed by atoms with van der Waals surface area (Å²) in [5.41, 5.74) is 2.13. The van der Waals surface area contributed by atoms with Crippen LogP contribution in [-0.4, -0.2) is 49.3 Å². The molecule has 8 nitrogen and oxygen atoms in total. The molecular formula is C20H21N3O5. The van der Waals surface area contributed by atoms with Gasteiger partial charge in [-0.15, -0.1) is 0 Å². The van der Waals surface area contributed by atoms with Gasteiger partial charge in [0.15, 0.2) is 0 Å². The van der Waals surface area contributed by atoms with Crippen molar-refractivity contribution in [2.75, 3.05) is 43.1 Å². The van der Waals surface area contributed by atoms with E-state index < -0.39 is 10.9 Å². The third-order valence-electron chi connectivity index (χ3n) is 4.64. The quantitative estimate of drug-likeness (QED) is 0.367. The first-order valence-corrected chi connectivity index (χ1v) is 8.81. The highest BCUT2D eigenvalue weighted by atomic mass is 16.6. The second-order valence-corrected chi connectivity index (χ2v) is 6.35. The van der Waals surface area contributed by atoms with E-state index in [1.54, 1.807) is 24.3 Å². The second-order valence-electron chi connectivity index (χ2n) is 6.35. The lowest BCUT2D eigenvalue weighted by molar-refractivity contribution is -0.384. The number of ether oxygens (including phenoxy) is 1. The van der Waals surface area contributed by atoms with Crippen LogP contribution in [0.1, 0.15) is 5.56 Å². The number of nitro benzene ring substituents is 1. The van der Waals surface area contributed by atoms with Crippen LogP contribution in [0, 0.1) is 10.1 Å². The van der Waals surface area contributed by atoms with Gasteiger partial charge in [-0.1, -0.05) is 6.07 Å². The first-order chi connectivity index (χ1) is 13.5. The molecule has 1 saturated heterocycles. The van der Waals surface area contributed by atoms with Crippen molar-refractivity contribution >= 4 is 29.1 Å². The highest BCUT2D eigenvalue weighted by Gasteiger charge is 2.24. The van der Waals surface area contributed by atoms with E-state index in [0.29, 0.717) is 37.4 Å². The van der Waals surface area contributed by atoms with Crippen LogP contribution in [0.5, 0.6) is 5.75 Å². The van der Waals surface area contributed by atoms with Gasteiger partial charge in [0.05, 0.1) is 12.0 Å². The predicted molar refractivity (Wildman–Crippen MR) is 107 cm³/mol. The molecule has 1 fully saturated rings. The molecule has 0 saturated carbocycles. The summed E-state index contributed by atoms with van der Waals surface area (Å²) >= 11 is 0. The molecule has 0 atom stereocenters. The maximum atomic E-state index is 11.6. The van der Waals surface area contributed by atoms with Gasteiger partial charge in [0, 0.05) is 44.0 Å². The summed E-state index contributed by atoms with van der Waals surface area (Å²) in [7, 11) is 1.27. The summed E-state index contributed by atoms with van der Waals surface area (Å²) in [6.45, 7) is 2.70. The second kappa shape index (κ2) is 8.43. The Bertz CT molecular complexity index is 887. The number of nitrogens with zero attached hydrogens (tertiary/aromatic N) is 3. The molecule has 0 bridgehead atoms. The highest BCUT2D eigenvalue weighted by Crippen LogP contribution is 2.31. The summed E-state index contributed by atoms with van der Waals surface area (Å²) in [6, 6.07) is 11.9. The van der Waals surface area contributed by atoms with Crippen LogP contribution >= 0.6 is 0 Å². The van der Waals surface area contributed by atoms with E-state index >= 15 is 0 Å². The summed E-state index contributed by atoms with van der Waals surface area (Å²) in [4.78, 5) is 26.5. The van der Waals surface area contributed by atoms with E-state index in [1.165, 1.54) is 25.3 Å². The number of rotatable bonds is 5. The Morgan fingerprint density at radius 2 is 1.75 bits per heavy atom. The standard InChI is InChI=1S/C20H21N3O5/c1-28-20(25)9-3-15-2-8-18(19(14-15)23(26)27)22-12-10-21(11-13-22)16-4-6-17(24)7-5-16/h2-9,14,24H,10-13H2,1H3/b9-3+. The van der Waals surface area contributed by atoms with Crippen LogP contribution in [0.3, 0.4) is 0 Å². The number of benzene rings is 2. The Morgan fingerprint density at radius 3 is 2.36 bits per heavy atom. The molecular weight excluding hydrogens is 362 g/mol. The van der Waals surface area contributed by atoms with Gasteiger partial charge in [0.25, 0.3) is 5.69 Å². The summed E-state index contributed by atoms with van der Waals surface area (Å²) < 4.78 is 4.54. The van der Waals surface area contributed by atoms with Gasteiger partial charge in [0.2, 0.25) is 0 Å². The number of nitro groups is 1. The first-order valence-electron chi connectivity index (χ1n) is 8.81. The van der Waals surface area contributed by atoms with E-state index in [4.69, 9.17) is 0 Å². The van der Waals surface area contributed by atoms with E-state index in [2.05, 4.69) is 9.64 Å². The Kier molecular flexibility index (Phi) is 5.78. The zero-order valence-corrected chi connectivity index (χ0v) is 15.4. The number of phenols is 1. The van der Waals surface area contributed by atoms with Crippen molar-refractivity contribution in [2.45, 2.75) is 0 Å². The number of carbonyl (C=O) groups is 1. The Morgan fingerprint density at radius 1 is 1.11 bits per heavy atom. The SMILES string of the molecule is COC(=O)/C=C/c1ccc(N2CCN(c3ccc(O)cc3)CC2)c([N+](=O)[O-])c1. The van der Waals surface area contributed by atoms with Crippen LogP contribution in [0.2, 0.25) is 0 Å². The average molecular weight is 383 g/mol. The molecule has 0 aromatic heterocycles. The number of anilines is 2. The largest absolute Gasteiger partial charge is 0.508 e. The summed E-state index contributed by atoms with van der Waals surface area (Å²) in [5, 5.41) is 21.0. The molecule has 0 radical (unpaired) electrons. The zero-order valence-electron chi connectivity index (χ0n) is 15.4. The molecule has 3 rings (SSSR count). The van der Waals surface area contributed by atoms with Crippen molar-refractivity contribution < 1.29 is 19.6 Å². The van der Waals surface area contributed by atoms with Crippen molar-refractivity contribution in [1.82, 2.24) is 0 Å². The maximum Gasteiger partial charge on any atom is 0.330 e. The van der Waals surface area contributed by atoms with Gasteiger partial charge in [0.1, 0.15) is 11.4 Å². The first kappa shape index (κ1) is 19.2. The number of methoxy groups -OCH3 is 1. The zero-order chi connectivity index (χ0) is 20.1. The molecule has 0 amide bonds. The lowest BCUT2D eigenvalue weighted by Crippen LogP contribution is -2.46. The normalized spacial score (nSPS) is 14.3. The molecule has 146 valence electrons. The number of aromatic hydroxyl groups is 1. The number of carbonyl (C=O) groups excluding carboxylic acids is 1. The third-order valence-corrected chi connectivity index (χ3v) is 4.64. The van der Waals surface area contributed by atoms with Gasteiger partial charge >= 0.3 is 5.97 Å². The van der Waals surface area contributed by atoms with Crippen LogP contribution in [0.15, 0.2) is 48.5 Å². The van der Waals surface area contributed by atoms with Crippen LogP contribution in [0.25, 0.3) is 6.08 Å². The minimum atomic E-state index is -0.517. The van der Waals surface area contributed by atoms with Gasteiger partial charge in [-0.2, -0.15) is 0 Å². The number of phenolic OH excluding ortho intramolecular Hbond substituents is 1. The molecule has 0 aliphatic carbocycles. The van der Waals surface area contributed by atoms with E-state index in [-0.39, 0.29) is 11.4 Å². The molecule has 8 heteroatoms. The lowest BCUT2D eigenvalue weighted by Gasteiger charge is -2.37. The van der Waals surface area contributed by atoms with Crippen molar-refractivity contribution in [3.05, 3.63) is 64.2 Å². The number of esters is 1. The van der Waals surface area contributed by atoms with Gasteiger partial charge in [-0.05, 0) is 42.0 Å². The summed E-state index contributed by atoms with van der Waals surface area (Å²) in [5.74, 6) is -0.295. The van der Waals surface area contributed by atoms with Crippen molar-refractivity contribution in [3.8, 4) is 5.75 Å². The van der Waals surface area contributed by atoms with Crippen molar-refractivity contribution in [2.24, 2.45) is 0 Å². The summed E-state index contributed by atoms with van der Waals surface area (Å²) in [6.07, 6.45) is 2.72. The van der Waals surface area contributed by atoms with Gasteiger partial charge < -0.3 is 19.6 Å². The lowest BCUT2D eigenvalue weighted by atomic mass is 10.1. The van der Waals surface area contributed by atoms with Crippen LogP contribution in [0.4, 0.5) is 17.1 Å². The fraction of sp³-hybridized carbons (Fsp3) is 0.250. The molecule has 0 unspecified atom stereocenters. The van der Waals surface area contributed by atoms with Gasteiger partial charge in [-0.25, -0.2) is 4.79 Å². The molecule has 1 aliphatic rings. The molecule has 1 aliphatic heterocycles. The van der Waals surface area contributed by atoms with Crippen LogP contribution in [-0.2, 0) is 9.53 Å². The third kappa shape index (κ3) is 4.40. The maximum absolute atomic E-state index is 11.6. The fourth-order valence-corrected chi connectivity index (χ4v) is 3.16. The molecule has 0 spiro atoms. The van der Waals surface area contributed by atoms with E-state index in [0.717, 1.165) is 5.69 Å².